The molecule has 0 saturated carbocycles. The van der Waals surface area contributed by atoms with Crippen LogP contribution in [0.25, 0.3) is 6.08 Å². The summed E-state index contributed by atoms with van der Waals surface area (Å²) in [6, 6.07) is 18.3. The number of para-hydroxylation sites is 1. The van der Waals surface area contributed by atoms with Gasteiger partial charge in [0.2, 0.25) is 0 Å². The van der Waals surface area contributed by atoms with Crippen LogP contribution < -0.4 is 14.8 Å². The first-order valence-corrected chi connectivity index (χ1v) is 10.4. The Morgan fingerprint density at radius 1 is 1.00 bits per heavy atom. The van der Waals surface area contributed by atoms with E-state index >= 15 is 0 Å². The second-order valence-corrected chi connectivity index (χ2v) is 7.70. The van der Waals surface area contributed by atoms with E-state index in [1.807, 2.05) is 25.1 Å². The highest BCUT2D eigenvalue weighted by molar-refractivity contribution is 6.40. The fourth-order valence-corrected chi connectivity index (χ4v) is 3.31. The second-order valence-electron chi connectivity index (χ2n) is 6.89. The van der Waals surface area contributed by atoms with E-state index in [2.05, 4.69) is 5.32 Å². The van der Waals surface area contributed by atoms with Crippen LogP contribution >= 0.6 is 23.2 Å². The Labute approximate surface area is 201 Å². The lowest BCUT2D eigenvalue weighted by Gasteiger charge is -2.11. The summed E-state index contributed by atoms with van der Waals surface area (Å²) >= 11 is 12.1. The van der Waals surface area contributed by atoms with Gasteiger partial charge in [-0.25, -0.2) is 4.79 Å². The van der Waals surface area contributed by atoms with Crippen LogP contribution in [0.15, 0.2) is 66.2 Å². The number of carbonyl (C=O) groups excluding carboxylic acids is 2. The minimum Gasteiger partial charge on any atom is -0.493 e. The van der Waals surface area contributed by atoms with Crippen LogP contribution in [0.1, 0.15) is 21.5 Å². The summed E-state index contributed by atoms with van der Waals surface area (Å²) in [5, 5.41) is 12.5. The summed E-state index contributed by atoms with van der Waals surface area (Å²) in [7, 11) is 1.42. The second kappa shape index (κ2) is 10.7. The van der Waals surface area contributed by atoms with Gasteiger partial charge in [0.15, 0.2) is 11.5 Å². The molecule has 0 heterocycles. The van der Waals surface area contributed by atoms with E-state index in [0.29, 0.717) is 11.1 Å². The number of esters is 1. The number of amides is 1. The van der Waals surface area contributed by atoms with Gasteiger partial charge in [-0.05, 0) is 55.0 Å². The molecule has 0 fully saturated rings. The van der Waals surface area contributed by atoms with Crippen molar-refractivity contribution in [3.05, 3.63) is 93.0 Å². The summed E-state index contributed by atoms with van der Waals surface area (Å²) in [5.74, 6) is -0.756. The molecule has 33 heavy (non-hydrogen) atoms. The first-order chi connectivity index (χ1) is 15.8. The Kier molecular flexibility index (Phi) is 7.73. The number of nitrogens with one attached hydrogen (secondary N) is 1. The highest BCUT2D eigenvalue weighted by atomic mass is 35.5. The molecule has 0 aliphatic heterocycles. The largest absolute Gasteiger partial charge is 0.493 e. The fourth-order valence-electron chi connectivity index (χ4n) is 2.82. The summed E-state index contributed by atoms with van der Waals surface area (Å²) in [6.07, 6.45) is 1.37. The average Bonchev–Trinajstić information content (AvgIpc) is 2.81. The zero-order chi connectivity index (χ0) is 24.0. The Morgan fingerprint density at radius 3 is 2.27 bits per heavy atom. The van der Waals surface area contributed by atoms with Crippen molar-refractivity contribution in [3.63, 3.8) is 0 Å². The number of benzene rings is 3. The summed E-state index contributed by atoms with van der Waals surface area (Å²) < 4.78 is 10.8. The molecule has 0 aliphatic rings. The quantitative estimate of drug-likeness (QED) is 0.200. The van der Waals surface area contributed by atoms with Crippen LogP contribution in [-0.4, -0.2) is 19.0 Å². The van der Waals surface area contributed by atoms with E-state index in [0.717, 1.165) is 5.56 Å². The van der Waals surface area contributed by atoms with Gasteiger partial charge in [0.25, 0.3) is 5.91 Å². The molecule has 0 atom stereocenters. The molecule has 3 aromatic rings. The molecule has 1 amide bonds. The monoisotopic (exact) mass is 480 g/mol. The van der Waals surface area contributed by atoms with Crippen molar-refractivity contribution in [2.75, 3.05) is 12.4 Å². The predicted octanol–water partition coefficient (Wildman–Crippen LogP) is 6.08. The van der Waals surface area contributed by atoms with E-state index in [9.17, 15) is 14.9 Å². The van der Waals surface area contributed by atoms with Crippen LogP contribution in [0.3, 0.4) is 0 Å². The number of nitriles is 1. The Morgan fingerprint density at radius 2 is 1.67 bits per heavy atom. The van der Waals surface area contributed by atoms with Crippen molar-refractivity contribution in [3.8, 4) is 17.6 Å². The van der Waals surface area contributed by atoms with E-state index in [1.165, 1.54) is 19.3 Å². The molecule has 0 aliphatic carbocycles. The molecule has 0 spiro atoms. The number of aryl methyl sites for hydroxylation is 1. The Balaban J connectivity index is 1.82. The van der Waals surface area contributed by atoms with Gasteiger partial charge in [0.1, 0.15) is 11.6 Å². The van der Waals surface area contributed by atoms with Gasteiger partial charge in [0, 0.05) is 0 Å². The molecule has 1 N–H and O–H groups in total. The van der Waals surface area contributed by atoms with Crippen molar-refractivity contribution in [2.45, 2.75) is 6.92 Å². The molecule has 0 aromatic heterocycles. The van der Waals surface area contributed by atoms with Crippen molar-refractivity contribution in [1.82, 2.24) is 0 Å². The minimum absolute atomic E-state index is 0.183. The summed E-state index contributed by atoms with van der Waals surface area (Å²) in [6.45, 7) is 1.92. The van der Waals surface area contributed by atoms with Crippen molar-refractivity contribution >= 4 is 46.8 Å². The number of nitrogens with zero attached hydrogens (tertiary/aromatic N) is 1. The lowest BCUT2D eigenvalue weighted by atomic mass is 10.1. The summed E-state index contributed by atoms with van der Waals surface area (Å²) in [5.41, 5.74) is 1.93. The summed E-state index contributed by atoms with van der Waals surface area (Å²) in [4.78, 5) is 25.0. The van der Waals surface area contributed by atoms with Crippen molar-refractivity contribution in [1.29, 1.82) is 5.26 Å². The Hall–Kier alpha value is -3.79. The van der Waals surface area contributed by atoms with E-state index in [-0.39, 0.29) is 32.8 Å². The molecule has 166 valence electrons. The molecular weight excluding hydrogens is 463 g/mol. The SMILES string of the molecule is COc1cc(/C=C(\C#N)C(=O)Nc2c(Cl)cccc2Cl)ccc1OC(=O)c1ccc(C)cc1. The zero-order valence-corrected chi connectivity index (χ0v) is 19.2. The molecule has 3 aromatic carbocycles. The molecule has 0 saturated heterocycles. The first-order valence-electron chi connectivity index (χ1n) is 9.66. The van der Waals surface area contributed by atoms with Gasteiger partial charge in [-0.3, -0.25) is 4.79 Å². The number of hydrogen-bond acceptors (Lipinski definition) is 5. The number of ether oxygens (including phenoxy) is 2. The Bertz CT molecular complexity index is 1260. The standard InChI is InChI=1S/C25H18Cl2N2O4/c1-15-6-9-17(10-7-15)25(31)33-21-11-8-16(13-22(21)32-2)12-18(14-28)24(30)29-23-19(26)4-3-5-20(23)27/h3-13H,1-2H3,(H,29,30)/b18-12+. The number of anilines is 1. The van der Waals surface area contributed by atoms with Crippen LogP contribution in [0, 0.1) is 18.3 Å². The van der Waals surface area contributed by atoms with Gasteiger partial charge >= 0.3 is 5.97 Å². The number of carbonyl (C=O) groups is 2. The number of methoxy groups -OCH3 is 1. The number of hydrogen-bond donors (Lipinski definition) is 1. The minimum atomic E-state index is -0.679. The maximum atomic E-state index is 12.6. The first kappa shape index (κ1) is 23.9. The van der Waals surface area contributed by atoms with Crippen LogP contribution in [0.5, 0.6) is 11.5 Å². The molecule has 3 rings (SSSR count). The smallest absolute Gasteiger partial charge is 0.343 e. The molecule has 6 nitrogen and oxygen atoms in total. The normalized spacial score (nSPS) is 10.8. The van der Waals surface area contributed by atoms with E-state index < -0.39 is 11.9 Å². The third kappa shape index (κ3) is 5.92. The molecule has 0 bridgehead atoms. The molecular formula is C25H18Cl2N2O4. The lowest BCUT2D eigenvalue weighted by Crippen LogP contribution is -2.14. The van der Waals surface area contributed by atoms with Crippen LogP contribution in [-0.2, 0) is 4.79 Å². The maximum absolute atomic E-state index is 12.6. The molecule has 0 unspecified atom stereocenters. The van der Waals surface area contributed by atoms with E-state index in [1.54, 1.807) is 42.5 Å². The van der Waals surface area contributed by atoms with Gasteiger partial charge in [-0.2, -0.15) is 5.26 Å². The van der Waals surface area contributed by atoms with Crippen molar-refractivity contribution < 1.29 is 19.1 Å². The van der Waals surface area contributed by atoms with Gasteiger partial charge in [0.05, 0.1) is 28.4 Å². The van der Waals surface area contributed by atoms with Gasteiger partial charge in [-0.1, -0.05) is 53.0 Å². The lowest BCUT2D eigenvalue weighted by molar-refractivity contribution is -0.112. The number of halogens is 2. The predicted molar refractivity (Wildman–Crippen MR) is 128 cm³/mol. The fraction of sp³-hybridized carbons (Fsp3) is 0.0800. The highest BCUT2D eigenvalue weighted by Crippen LogP contribution is 2.31. The molecule has 8 heteroatoms. The average molecular weight is 481 g/mol. The number of rotatable bonds is 6. The van der Waals surface area contributed by atoms with E-state index in [4.69, 9.17) is 32.7 Å². The third-order valence-corrected chi connectivity index (χ3v) is 5.18. The van der Waals surface area contributed by atoms with Gasteiger partial charge in [-0.15, -0.1) is 0 Å². The van der Waals surface area contributed by atoms with Gasteiger partial charge < -0.3 is 14.8 Å². The zero-order valence-electron chi connectivity index (χ0n) is 17.7. The molecule has 0 radical (unpaired) electrons. The van der Waals surface area contributed by atoms with Crippen LogP contribution in [0.4, 0.5) is 5.69 Å². The highest BCUT2D eigenvalue weighted by Gasteiger charge is 2.16. The maximum Gasteiger partial charge on any atom is 0.343 e. The third-order valence-electron chi connectivity index (χ3n) is 4.55. The van der Waals surface area contributed by atoms with Crippen molar-refractivity contribution in [2.24, 2.45) is 0 Å². The topological polar surface area (TPSA) is 88.4 Å². The van der Waals surface area contributed by atoms with Crippen LogP contribution in [0.2, 0.25) is 10.0 Å².